The summed E-state index contributed by atoms with van der Waals surface area (Å²) in [5.41, 5.74) is 0. The van der Waals surface area contributed by atoms with Crippen LogP contribution in [-0.2, 0) is 9.53 Å². The standard InChI is InChI=1S/C7H10Cl3FO2/c1-4(2)13-6(12)3-5(8)7(9,10)11/h4-5H,3H2,1-2H3. The predicted octanol–water partition coefficient (Wildman–Crippen LogP) is 3.04. The first-order valence-corrected chi connectivity index (χ1v) is 4.83. The van der Waals surface area contributed by atoms with E-state index in [1.165, 1.54) is 0 Å². The molecule has 2 nitrogen and oxygen atoms in total. The van der Waals surface area contributed by atoms with E-state index in [0.29, 0.717) is 0 Å². The molecule has 0 aliphatic heterocycles. The van der Waals surface area contributed by atoms with E-state index in [1.54, 1.807) is 13.8 Å². The molecule has 0 N–H and O–H groups in total. The smallest absolute Gasteiger partial charge is 0.307 e. The minimum absolute atomic E-state index is 0.268. The second-order valence-electron chi connectivity index (χ2n) is 2.75. The quantitative estimate of drug-likeness (QED) is 0.567. The summed E-state index contributed by atoms with van der Waals surface area (Å²) in [6.45, 7) is 3.34. The molecule has 1 atom stereocenters. The zero-order chi connectivity index (χ0) is 10.6. The van der Waals surface area contributed by atoms with Crippen molar-refractivity contribution < 1.29 is 13.9 Å². The van der Waals surface area contributed by atoms with Crippen molar-refractivity contribution in [3.8, 4) is 0 Å². The van der Waals surface area contributed by atoms with Gasteiger partial charge >= 0.3 is 5.97 Å². The van der Waals surface area contributed by atoms with Crippen LogP contribution in [0.3, 0.4) is 0 Å². The maximum Gasteiger partial charge on any atom is 0.307 e. The fourth-order valence-corrected chi connectivity index (χ4v) is 0.853. The van der Waals surface area contributed by atoms with E-state index in [0.717, 1.165) is 0 Å². The summed E-state index contributed by atoms with van der Waals surface area (Å²) in [7, 11) is 0. The van der Waals surface area contributed by atoms with Gasteiger partial charge in [0.25, 0.3) is 4.59 Å². The SMILES string of the molecule is CC(C)OC(=O)CC(Cl)C(F)(Cl)Cl. The van der Waals surface area contributed by atoms with Crippen LogP contribution in [0.4, 0.5) is 4.39 Å². The van der Waals surface area contributed by atoms with Crippen molar-refractivity contribution in [2.24, 2.45) is 0 Å². The summed E-state index contributed by atoms with van der Waals surface area (Å²) >= 11 is 15.4. The number of carbonyl (C=O) groups excluding carboxylic acids is 1. The summed E-state index contributed by atoms with van der Waals surface area (Å²) in [5, 5.41) is -1.30. The number of rotatable bonds is 4. The summed E-state index contributed by atoms with van der Waals surface area (Å²) in [6, 6.07) is 0. The first-order chi connectivity index (χ1) is 5.73. The molecular formula is C7H10Cl3FO2. The number of ether oxygens (including phenoxy) is 1. The highest BCUT2D eigenvalue weighted by Gasteiger charge is 2.35. The molecule has 1 unspecified atom stereocenters. The van der Waals surface area contributed by atoms with E-state index in [1.807, 2.05) is 0 Å². The van der Waals surface area contributed by atoms with Gasteiger partial charge in [0.2, 0.25) is 0 Å². The number of hydrogen-bond donors (Lipinski definition) is 0. The van der Waals surface area contributed by atoms with E-state index in [2.05, 4.69) is 0 Å². The molecule has 0 saturated carbocycles. The normalized spacial score (nSPS) is 14.4. The molecule has 78 valence electrons. The zero-order valence-corrected chi connectivity index (χ0v) is 9.46. The summed E-state index contributed by atoms with van der Waals surface area (Å²) in [5.74, 6) is -0.627. The van der Waals surface area contributed by atoms with Crippen LogP contribution < -0.4 is 0 Å². The van der Waals surface area contributed by atoms with Crippen LogP contribution >= 0.6 is 34.8 Å². The molecule has 0 aromatic carbocycles. The Kier molecular flexibility index (Phi) is 5.33. The van der Waals surface area contributed by atoms with Gasteiger partial charge in [-0.1, -0.05) is 23.2 Å². The Balaban J connectivity index is 3.93. The van der Waals surface area contributed by atoms with Gasteiger partial charge in [-0.2, -0.15) is 0 Å². The number of hydrogen-bond acceptors (Lipinski definition) is 2. The van der Waals surface area contributed by atoms with Gasteiger partial charge < -0.3 is 4.74 Å². The maximum atomic E-state index is 12.7. The van der Waals surface area contributed by atoms with Crippen LogP contribution in [0.2, 0.25) is 0 Å². The fraction of sp³-hybridized carbons (Fsp3) is 0.857. The second-order valence-corrected chi connectivity index (χ2v) is 4.57. The Bertz CT molecular complexity index is 179. The number of halogens is 4. The molecule has 0 saturated heterocycles. The molecule has 0 aromatic heterocycles. The van der Waals surface area contributed by atoms with Gasteiger partial charge in [-0.25, -0.2) is 4.39 Å². The molecule has 0 rings (SSSR count). The lowest BCUT2D eigenvalue weighted by Crippen LogP contribution is -2.25. The fourth-order valence-electron chi connectivity index (χ4n) is 0.573. The largest absolute Gasteiger partial charge is 0.463 e. The van der Waals surface area contributed by atoms with Gasteiger partial charge in [0.1, 0.15) is 5.38 Å². The first-order valence-electron chi connectivity index (χ1n) is 3.63. The molecule has 0 aliphatic rings. The Morgan fingerprint density at radius 3 is 2.31 bits per heavy atom. The summed E-state index contributed by atoms with van der Waals surface area (Å²) in [6.07, 6.45) is -0.625. The van der Waals surface area contributed by atoms with Crippen molar-refractivity contribution in [3.05, 3.63) is 0 Å². The molecule has 0 bridgehead atoms. The van der Waals surface area contributed by atoms with E-state index in [-0.39, 0.29) is 12.5 Å². The molecule has 0 heterocycles. The van der Waals surface area contributed by atoms with E-state index in [9.17, 15) is 9.18 Å². The lowest BCUT2D eigenvalue weighted by Gasteiger charge is -2.16. The molecular weight excluding hydrogens is 241 g/mol. The molecule has 0 aromatic rings. The zero-order valence-electron chi connectivity index (χ0n) is 7.19. The highest BCUT2D eigenvalue weighted by molar-refractivity contribution is 6.51. The van der Waals surface area contributed by atoms with Crippen molar-refractivity contribution in [2.45, 2.75) is 36.3 Å². The topological polar surface area (TPSA) is 26.3 Å². The van der Waals surface area contributed by atoms with Crippen molar-refractivity contribution >= 4 is 40.8 Å². The van der Waals surface area contributed by atoms with Gasteiger partial charge in [0, 0.05) is 0 Å². The van der Waals surface area contributed by atoms with Crippen LogP contribution in [0, 0.1) is 0 Å². The van der Waals surface area contributed by atoms with Gasteiger partial charge in [0.05, 0.1) is 12.5 Å². The highest BCUT2D eigenvalue weighted by atomic mass is 35.5. The summed E-state index contributed by atoms with van der Waals surface area (Å²) in [4.78, 5) is 10.9. The Morgan fingerprint density at radius 1 is 1.54 bits per heavy atom. The van der Waals surface area contributed by atoms with Crippen LogP contribution in [0.25, 0.3) is 0 Å². The molecule has 0 radical (unpaired) electrons. The van der Waals surface area contributed by atoms with Crippen molar-refractivity contribution in [2.75, 3.05) is 0 Å². The molecule has 0 aliphatic carbocycles. The van der Waals surface area contributed by atoms with Crippen molar-refractivity contribution in [3.63, 3.8) is 0 Å². The van der Waals surface area contributed by atoms with Crippen LogP contribution in [0.1, 0.15) is 20.3 Å². The number of esters is 1. The third kappa shape index (κ3) is 6.36. The highest BCUT2D eigenvalue weighted by Crippen LogP contribution is 2.32. The Labute approximate surface area is 91.3 Å². The second kappa shape index (κ2) is 5.23. The van der Waals surface area contributed by atoms with Gasteiger partial charge in [-0.3, -0.25) is 4.79 Å². The van der Waals surface area contributed by atoms with E-state index in [4.69, 9.17) is 39.5 Å². The van der Waals surface area contributed by atoms with Crippen molar-refractivity contribution in [1.29, 1.82) is 0 Å². The minimum Gasteiger partial charge on any atom is -0.463 e. The monoisotopic (exact) mass is 250 g/mol. The van der Waals surface area contributed by atoms with Crippen LogP contribution in [0.15, 0.2) is 0 Å². The lowest BCUT2D eigenvalue weighted by atomic mass is 10.3. The average molecular weight is 252 g/mol. The van der Waals surface area contributed by atoms with Crippen LogP contribution in [0.5, 0.6) is 0 Å². The predicted molar refractivity (Wildman–Crippen MR) is 51.0 cm³/mol. The lowest BCUT2D eigenvalue weighted by molar-refractivity contribution is -0.147. The third-order valence-electron chi connectivity index (χ3n) is 1.07. The Hall–Kier alpha value is 0.270. The third-order valence-corrected chi connectivity index (χ3v) is 2.27. The molecule has 0 amide bonds. The Morgan fingerprint density at radius 2 is 2.00 bits per heavy atom. The average Bonchev–Trinajstić information content (AvgIpc) is 1.82. The van der Waals surface area contributed by atoms with E-state index >= 15 is 0 Å². The van der Waals surface area contributed by atoms with E-state index < -0.39 is 15.9 Å². The number of carbonyl (C=O) groups is 1. The molecule has 0 fully saturated rings. The van der Waals surface area contributed by atoms with Gasteiger partial charge in [-0.05, 0) is 13.8 Å². The number of alkyl halides is 4. The van der Waals surface area contributed by atoms with Crippen molar-refractivity contribution in [1.82, 2.24) is 0 Å². The maximum absolute atomic E-state index is 12.7. The minimum atomic E-state index is -2.61. The summed E-state index contributed by atoms with van der Waals surface area (Å²) < 4.78 is 14.8. The van der Waals surface area contributed by atoms with Crippen LogP contribution in [-0.4, -0.2) is 22.0 Å². The van der Waals surface area contributed by atoms with Gasteiger partial charge in [-0.15, -0.1) is 11.6 Å². The molecule has 6 heteroatoms. The van der Waals surface area contributed by atoms with Gasteiger partial charge in [0.15, 0.2) is 0 Å². The first kappa shape index (κ1) is 13.3. The molecule has 13 heavy (non-hydrogen) atoms. The molecule has 0 spiro atoms.